The smallest absolute Gasteiger partial charge is 0.251 e. The SMILES string of the molecule is CN[C@@H](C)C(=O)NC(C(=O)N1c2ncccc2CC1C(=O)Nc1ccc(F)cc1F)C(C)C. The van der Waals surface area contributed by atoms with Gasteiger partial charge in [-0.25, -0.2) is 13.8 Å². The Bertz CT molecular complexity index is 1060. The highest BCUT2D eigenvalue weighted by Crippen LogP contribution is 2.32. The molecule has 2 aromatic rings. The van der Waals surface area contributed by atoms with Crippen molar-refractivity contribution < 1.29 is 23.2 Å². The molecule has 0 radical (unpaired) electrons. The first-order chi connectivity index (χ1) is 15.6. The molecule has 3 N–H and O–H groups in total. The molecule has 0 saturated carbocycles. The minimum Gasteiger partial charge on any atom is -0.343 e. The van der Waals surface area contributed by atoms with E-state index in [2.05, 4.69) is 20.9 Å². The van der Waals surface area contributed by atoms with Crippen LogP contribution in [0.5, 0.6) is 0 Å². The molecule has 1 aliphatic rings. The second-order valence-electron chi connectivity index (χ2n) is 8.27. The summed E-state index contributed by atoms with van der Waals surface area (Å²) in [4.78, 5) is 44.7. The van der Waals surface area contributed by atoms with Crippen LogP contribution in [0.15, 0.2) is 36.5 Å². The van der Waals surface area contributed by atoms with Crippen LogP contribution in [-0.4, -0.2) is 47.9 Å². The van der Waals surface area contributed by atoms with Gasteiger partial charge in [0, 0.05) is 18.7 Å². The van der Waals surface area contributed by atoms with Gasteiger partial charge in [0.25, 0.3) is 5.91 Å². The highest BCUT2D eigenvalue weighted by molar-refractivity contribution is 6.09. The number of nitrogens with one attached hydrogen (secondary N) is 3. The molecule has 0 spiro atoms. The number of amides is 3. The van der Waals surface area contributed by atoms with Crippen molar-refractivity contribution in [2.45, 2.75) is 45.3 Å². The van der Waals surface area contributed by atoms with Crippen molar-refractivity contribution in [1.29, 1.82) is 0 Å². The van der Waals surface area contributed by atoms with Crippen molar-refractivity contribution in [2.75, 3.05) is 17.3 Å². The molecule has 1 aromatic carbocycles. The zero-order valence-electron chi connectivity index (χ0n) is 18.9. The van der Waals surface area contributed by atoms with Gasteiger partial charge in [0.2, 0.25) is 11.8 Å². The molecule has 176 valence electrons. The van der Waals surface area contributed by atoms with E-state index >= 15 is 0 Å². The fraction of sp³-hybridized carbons (Fsp3) is 0.391. The summed E-state index contributed by atoms with van der Waals surface area (Å²) >= 11 is 0. The molecular formula is C23H27F2N5O3. The van der Waals surface area contributed by atoms with Crippen LogP contribution in [0.3, 0.4) is 0 Å². The lowest BCUT2D eigenvalue weighted by Crippen LogP contribution is -2.57. The average molecular weight is 459 g/mol. The Morgan fingerprint density at radius 3 is 2.52 bits per heavy atom. The third kappa shape index (κ3) is 5.16. The van der Waals surface area contributed by atoms with Gasteiger partial charge in [-0.15, -0.1) is 0 Å². The molecule has 3 rings (SSSR count). The number of carbonyl (C=O) groups excluding carboxylic acids is 3. The van der Waals surface area contributed by atoms with E-state index < -0.39 is 41.6 Å². The lowest BCUT2D eigenvalue weighted by molar-refractivity contribution is -0.130. The second kappa shape index (κ2) is 10.0. The number of halogens is 2. The number of benzene rings is 1. The summed E-state index contributed by atoms with van der Waals surface area (Å²) in [6, 6.07) is 3.79. The van der Waals surface area contributed by atoms with E-state index in [1.807, 2.05) is 0 Å². The average Bonchev–Trinajstić information content (AvgIpc) is 3.17. The molecule has 3 atom stereocenters. The van der Waals surface area contributed by atoms with E-state index in [9.17, 15) is 23.2 Å². The Balaban J connectivity index is 1.91. The van der Waals surface area contributed by atoms with E-state index in [1.165, 1.54) is 11.1 Å². The maximum absolute atomic E-state index is 14.1. The van der Waals surface area contributed by atoms with Gasteiger partial charge >= 0.3 is 0 Å². The number of rotatable bonds is 7. The van der Waals surface area contributed by atoms with Crippen LogP contribution in [0.4, 0.5) is 20.3 Å². The van der Waals surface area contributed by atoms with Crippen LogP contribution >= 0.6 is 0 Å². The number of likely N-dealkylation sites (N-methyl/N-ethyl adjacent to an activating group) is 1. The maximum atomic E-state index is 14.1. The first-order valence-corrected chi connectivity index (χ1v) is 10.6. The zero-order chi connectivity index (χ0) is 24.3. The van der Waals surface area contributed by atoms with Crippen molar-refractivity contribution in [1.82, 2.24) is 15.6 Å². The molecule has 1 aliphatic heterocycles. The van der Waals surface area contributed by atoms with Gasteiger partial charge in [0.1, 0.15) is 29.5 Å². The molecule has 3 amide bonds. The van der Waals surface area contributed by atoms with Crippen LogP contribution < -0.4 is 20.9 Å². The topological polar surface area (TPSA) is 103 Å². The normalized spacial score (nSPS) is 16.8. The first-order valence-electron chi connectivity index (χ1n) is 10.6. The van der Waals surface area contributed by atoms with Crippen LogP contribution in [0.25, 0.3) is 0 Å². The molecule has 1 aromatic heterocycles. The van der Waals surface area contributed by atoms with E-state index in [4.69, 9.17) is 0 Å². The molecule has 0 aliphatic carbocycles. The summed E-state index contributed by atoms with van der Waals surface area (Å²) in [6.07, 6.45) is 1.67. The van der Waals surface area contributed by atoms with Crippen LogP contribution in [-0.2, 0) is 20.8 Å². The number of aromatic nitrogens is 1. The third-order valence-corrected chi connectivity index (χ3v) is 5.61. The number of anilines is 2. The van der Waals surface area contributed by atoms with Crippen LogP contribution in [0, 0.1) is 17.6 Å². The predicted octanol–water partition coefficient (Wildman–Crippen LogP) is 2.00. The Morgan fingerprint density at radius 1 is 1.15 bits per heavy atom. The van der Waals surface area contributed by atoms with Gasteiger partial charge in [-0.1, -0.05) is 19.9 Å². The minimum atomic E-state index is -1.02. The molecule has 10 heteroatoms. The summed E-state index contributed by atoms with van der Waals surface area (Å²) in [5.74, 6) is -3.18. The summed E-state index contributed by atoms with van der Waals surface area (Å²) in [5.41, 5.74) is 0.470. The van der Waals surface area contributed by atoms with E-state index in [1.54, 1.807) is 40.0 Å². The zero-order valence-corrected chi connectivity index (χ0v) is 18.9. The molecule has 0 bridgehead atoms. The van der Waals surface area contributed by atoms with Gasteiger partial charge < -0.3 is 16.0 Å². The molecule has 2 unspecified atom stereocenters. The largest absolute Gasteiger partial charge is 0.343 e. The third-order valence-electron chi connectivity index (χ3n) is 5.61. The summed E-state index contributed by atoms with van der Waals surface area (Å²) in [6.45, 7) is 5.23. The maximum Gasteiger partial charge on any atom is 0.251 e. The fourth-order valence-corrected chi connectivity index (χ4v) is 3.60. The van der Waals surface area contributed by atoms with Crippen molar-refractivity contribution in [2.24, 2.45) is 5.92 Å². The lowest BCUT2D eigenvalue weighted by atomic mass is 10.0. The predicted molar refractivity (Wildman–Crippen MR) is 119 cm³/mol. The standard InChI is InChI=1S/C23H27F2N5O3/c1-12(2)19(29-21(31)13(3)26-4)23(33)30-18(10-14-6-5-9-27-20(14)30)22(32)28-17-8-7-15(24)11-16(17)25/h5-9,11-13,18-19,26H,10H2,1-4H3,(H,28,32)(H,29,31)/t13-,18?,19?/m0/s1. The quantitative estimate of drug-likeness (QED) is 0.588. The molecular weight excluding hydrogens is 432 g/mol. The van der Waals surface area contributed by atoms with E-state index in [0.29, 0.717) is 17.4 Å². The monoisotopic (exact) mass is 459 g/mol. The molecule has 8 nitrogen and oxygen atoms in total. The number of nitrogens with zero attached hydrogens (tertiary/aromatic N) is 2. The van der Waals surface area contributed by atoms with Crippen molar-refractivity contribution >= 4 is 29.2 Å². The number of fused-ring (bicyclic) bond motifs is 1. The van der Waals surface area contributed by atoms with Gasteiger partial charge in [-0.05, 0) is 43.7 Å². The Kier molecular flexibility index (Phi) is 7.37. The van der Waals surface area contributed by atoms with Crippen LogP contribution in [0.1, 0.15) is 26.3 Å². The Labute approximate surface area is 190 Å². The van der Waals surface area contributed by atoms with Gasteiger partial charge in [-0.3, -0.25) is 19.3 Å². The summed E-state index contributed by atoms with van der Waals surface area (Å²) in [7, 11) is 1.63. The molecule has 0 saturated heterocycles. The molecule has 33 heavy (non-hydrogen) atoms. The molecule has 0 fully saturated rings. The Morgan fingerprint density at radius 2 is 1.88 bits per heavy atom. The first kappa shape index (κ1) is 24.2. The van der Waals surface area contributed by atoms with Gasteiger partial charge in [0.05, 0.1) is 11.7 Å². The van der Waals surface area contributed by atoms with Crippen molar-refractivity contribution in [3.8, 4) is 0 Å². The van der Waals surface area contributed by atoms with Crippen molar-refractivity contribution in [3.05, 3.63) is 53.7 Å². The summed E-state index contributed by atoms with van der Waals surface area (Å²) < 4.78 is 27.3. The van der Waals surface area contributed by atoms with E-state index in [-0.39, 0.29) is 23.9 Å². The fourth-order valence-electron chi connectivity index (χ4n) is 3.60. The number of hydrogen-bond acceptors (Lipinski definition) is 5. The van der Waals surface area contributed by atoms with E-state index in [0.717, 1.165) is 12.1 Å². The van der Waals surface area contributed by atoms with Gasteiger partial charge in [-0.2, -0.15) is 0 Å². The highest BCUT2D eigenvalue weighted by Gasteiger charge is 2.43. The second-order valence-corrected chi connectivity index (χ2v) is 8.27. The van der Waals surface area contributed by atoms with Gasteiger partial charge in [0.15, 0.2) is 0 Å². The Hall–Kier alpha value is -3.40. The minimum absolute atomic E-state index is 0.162. The molecule has 2 heterocycles. The van der Waals surface area contributed by atoms with Crippen molar-refractivity contribution in [3.63, 3.8) is 0 Å². The lowest BCUT2D eigenvalue weighted by Gasteiger charge is -2.31. The summed E-state index contributed by atoms with van der Waals surface area (Å²) in [5, 5.41) is 8.00. The number of hydrogen-bond donors (Lipinski definition) is 3. The number of pyridine rings is 1. The van der Waals surface area contributed by atoms with Crippen LogP contribution in [0.2, 0.25) is 0 Å². The highest BCUT2D eigenvalue weighted by atomic mass is 19.1. The number of carbonyl (C=O) groups is 3.